The number of hydrogen-bond acceptors (Lipinski definition) is 3. The highest BCUT2D eigenvalue weighted by atomic mass is 16.5. The van der Waals surface area contributed by atoms with Crippen LogP contribution in [0.2, 0.25) is 0 Å². The van der Waals surface area contributed by atoms with Crippen molar-refractivity contribution in [3.63, 3.8) is 0 Å². The van der Waals surface area contributed by atoms with Crippen LogP contribution in [-0.4, -0.2) is 20.3 Å². The Kier molecular flexibility index (Phi) is 6.96. The molecule has 18 heavy (non-hydrogen) atoms. The Morgan fingerprint density at radius 1 is 1.28 bits per heavy atom. The lowest BCUT2D eigenvalue weighted by molar-refractivity contribution is 0.310. The number of hydrogen-bond donors (Lipinski definition) is 1. The third-order valence-electron chi connectivity index (χ3n) is 2.58. The molecular weight excluding hydrogens is 226 g/mol. The van der Waals surface area contributed by atoms with E-state index in [1.165, 1.54) is 5.56 Å². The van der Waals surface area contributed by atoms with E-state index in [1.807, 2.05) is 26.0 Å². The SMILES string of the molecule is C/C=C/CCNCc1ccc(OCC)c(OC)c1. The molecule has 1 rings (SSSR count). The number of ether oxygens (including phenoxy) is 2. The summed E-state index contributed by atoms with van der Waals surface area (Å²) >= 11 is 0. The minimum absolute atomic E-state index is 0.650. The van der Waals surface area contributed by atoms with Gasteiger partial charge in [0, 0.05) is 6.54 Å². The van der Waals surface area contributed by atoms with Crippen molar-refractivity contribution in [1.29, 1.82) is 0 Å². The Bertz CT molecular complexity index is 375. The quantitative estimate of drug-likeness (QED) is 0.567. The monoisotopic (exact) mass is 249 g/mol. The molecule has 0 bridgehead atoms. The molecule has 3 nitrogen and oxygen atoms in total. The molecule has 0 aliphatic heterocycles. The molecule has 0 unspecified atom stereocenters. The van der Waals surface area contributed by atoms with Crippen LogP contribution in [0.25, 0.3) is 0 Å². The molecule has 1 aromatic carbocycles. The average Bonchev–Trinajstić information content (AvgIpc) is 2.40. The number of benzene rings is 1. The van der Waals surface area contributed by atoms with Gasteiger partial charge in [-0.05, 0) is 44.5 Å². The van der Waals surface area contributed by atoms with Crippen LogP contribution < -0.4 is 14.8 Å². The Morgan fingerprint density at radius 3 is 2.78 bits per heavy atom. The molecule has 0 aliphatic rings. The first kappa shape index (κ1) is 14.6. The van der Waals surface area contributed by atoms with E-state index in [4.69, 9.17) is 9.47 Å². The van der Waals surface area contributed by atoms with E-state index in [0.717, 1.165) is 31.0 Å². The predicted molar refractivity (Wildman–Crippen MR) is 75.3 cm³/mol. The van der Waals surface area contributed by atoms with E-state index in [2.05, 4.69) is 23.5 Å². The first-order chi connectivity index (χ1) is 8.81. The van der Waals surface area contributed by atoms with Crippen LogP contribution in [0.3, 0.4) is 0 Å². The van der Waals surface area contributed by atoms with Crippen LogP contribution >= 0.6 is 0 Å². The van der Waals surface area contributed by atoms with Crippen LogP contribution in [0, 0.1) is 0 Å². The molecule has 0 saturated carbocycles. The van der Waals surface area contributed by atoms with Gasteiger partial charge in [0.1, 0.15) is 0 Å². The van der Waals surface area contributed by atoms with Gasteiger partial charge in [0.25, 0.3) is 0 Å². The van der Waals surface area contributed by atoms with Gasteiger partial charge in [-0.2, -0.15) is 0 Å². The fourth-order valence-electron chi connectivity index (χ4n) is 1.68. The summed E-state index contributed by atoms with van der Waals surface area (Å²) in [5.41, 5.74) is 1.20. The second-order valence-corrected chi connectivity index (χ2v) is 3.95. The normalized spacial score (nSPS) is 10.8. The molecular formula is C15H23NO2. The molecule has 0 saturated heterocycles. The first-order valence-corrected chi connectivity index (χ1v) is 6.43. The van der Waals surface area contributed by atoms with Crippen molar-refractivity contribution in [3.05, 3.63) is 35.9 Å². The zero-order valence-corrected chi connectivity index (χ0v) is 11.5. The second-order valence-electron chi connectivity index (χ2n) is 3.95. The molecule has 0 aromatic heterocycles. The third kappa shape index (κ3) is 4.80. The van der Waals surface area contributed by atoms with Gasteiger partial charge >= 0.3 is 0 Å². The summed E-state index contributed by atoms with van der Waals surface area (Å²) in [6, 6.07) is 6.05. The highest BCUT2D eigenvalue weighted by molar-refractivity contribution is 5.42. The lowest BCUT2D eigenvalue weighted by Crippen LogP contribution is -2.14. The highest BCUT2D eigenvalue weighted by Crippen LogP contribution is 2.27. The van der Waals surface area contributed by atoms with Gasteiger partial charge in [0.2, 0.25) is 0 Å². The van der Waals surface area contributed by atoms with Crippen LogP contribution in [0.1, 0.15) is 25.8 Å². The lowest BCUT2D eigenvalue weighted by atomic mass is 10.2. The third-order valence-corrected chi connectivity index (χ3v) is 2.58. The van der Waals surface area contributed by atoms with Crippen LogP contribution in [-0.2, 0) is 6.54 Å². The molecule has 0 aliphatic carbocycles. The van der Waals surface area contributed by atoms with Gasteiger partial charge < -0.3 is 14.8 Å². The molecule has 3 heteroatoms. The van der Waals surface area contributed by atoms with E-state index < -0.39 is 0 Å². The van der Waals surface area contributed by atoms with Crippen LogP contribution in [0.15, 0.2) is 30.4 Å². The summed E-state index contributed by atoms with van der Waals surface area (Å²) in [5, 5.41) is 3.39. The lowest BCUT2D eigenvalue weighted by Gasteiger charge is -2.11. The minimum atomic E-state index is 0.650. The van der Waals surface area contributed by atoms with Crippen molar-refractivity contribution in [1.82, 2.24) is 5.32 Å². The van der Waals surface area contributed by atoms with Crippen molar-refractivity contribution in [2.45, 2.75) is 26.8 Å². The topological polar surface area (TPSA) is 30.5 Å². The predicted octanol–water partition coefficient (Wildman–Crippen LogP) is 3.15. The number of allylic oxidation sites excluding steroid dienone is 1. The van der Waals surface area contributed by atoms with Gasteiger partial charge in [-0.25, -0.2) is 0 Å². The molecule has 0 spiro atoms. The Morgan fingerprint density at radius 2 is 2.11 bits per heavy atom. The first-order valence-electron chi connectivity index (χ1n) is 6.43. The van der Waals surface area contributed by atoms with Gasteiger partial charge in [0.15, 0.2) is 11.5 Å². The molecule has 0 atom stereocenters. The fraction of sp³-hybridized carbons (Fsp3) is 0.467. The smallest absolute Gasteiger partial charge is 0.161 e. The van der Waals surface area contributed by atoms with Crippen molar-refractivity contribution in [2.75, 3.05) is 20.3 Å². The van der Waals surface area contributed by atoms with E-state index in [-0.39, 0.29) is 0 Å². The average molecular weight is 249 g/mol. The van der Waals surface area contributed by atoms with Gasteiger partial charge in [0.05, 0.1) is 13.7 Å². The molecule has 0 heterocycles. The second kappa shape index (κ2) is 8.59. The summed E-state index contributed by atoms with van der Waals surface area (Å²) in [4.78, 5) is 0. The van der Waals surface area contributed by atoms with E-state index in [0.29, 0.717) is 6.61 Å². The number of methoxy groups -OCH3 is 1. The summed E-state index contributed by atoms with van der Waals surface area (Å²) in [7, 11) is 1.67. The Labute approximate surface area is 110 Å². The van der Waals surface area contributed by atoms with Gasteiger partial charge in [-0.3, -0.25) is 0 Å². The summed E-state index contributed by atoms with van der Waals surface area (Å²) in [5.74, 6) is 1.60. The van der Waals surface area contributed by atoms with E-state index in [9.17, 15) is 0 Å². The molecule has 0 amide bonds. The van der Waals surface area contributed by atoms with Crippen molar-refractivity contribution in [3.8, 4) is 11.5 Å². The molecule has 1 N–H and O–H groups in total. The fourth-order valence-corrected chi connectivity index (χ4v) is 1.68. The minimum Gasteiger partial charge on any atom is -0.493 e. The summed E-state index contributed by atoms with van der Waals surface area (Å²) < 4.78 is 10.8. The molecule has 0 fully saturated rings. The summed E-state index contributed by atoms with van der Waals surface area (Å²) in [6.45, 7) is 6.49. The molecule has 1 aromatic rings. The Hall–Kier alpha value is -1.48. The number of rotatable bonds is 8. The van der Waals surface area contributed by atoms with Crippen molar-refractivity contribution >= 4 is 0 Å². The van der Waals surface area contributed by atoms with Gasteiger partial charge in [-0.1, -0.05) is 18.2 Å². The van der Waals surface area contributed by atoms with Gasteiger partial charge in [-0.15, -0.1) is 0 Å². The zero-order valence-electron chi connectivity index (χ0n) is 11.5. The van der Waals surface area contributed by atoms with Crippen molar-refractivity contribution < 1.29 is 9.47 Å². The molecule has 0 radical (unpaired) electrons. The van der Waals surface area contributed by atoms with Crippen LogP contribution in [0.4, 0.5) is 0 Å². The summed E-state index contributed by atoms with van der Waals surface area (Å²) in [6.07, 6.45) is 5.29. The maximum Gasteiger partial charge on any atom is 0.161 e. The highest BCUT2D eigenvalue weighted by Gasteiger charge is 2.04. The maximum absolute atomic E-state index is 5.49. The number of nitrogens with one attached hydrogen (secondary N) is 1. The Balaban J connectivity index is 2.51. The molecule has 100 valence electrons. The maximum atomic E-state index is 5.49. The zero-order chi connectivity index (χ0) is 13.2. The van der Waals surface area contributed by atoms with Crippen molar-refractivity contribution in [2.24, 2.45) is 0 Å². The van der Waals surface area contributed by atoms with Crippen LogP contribution in [0.5, 0.6) is 11.5 Å². The standard InChI is InChI=1S/C15H23NO2/c1-4-6-7-10-16-12-13-8-9-14(18-5-2)15(11-13)17-3/h4,6,8-9,11,16H,5,7,10,12H2,1-3H3/b6-4+. The van der Waals surface area contributed by atoms with E-state index >= 15 is 0 Å². The van der Waals surface area contributed by atoms with E-state index in [1.54, 1.807) is 7.11 Å². The largest absolute Gasteiger partial charge is 0.493 e.